The van der Waals surface area contributed by atoms with Gasteiger partial charge >= 0.3 is 5.97 Å². The molecule has 0 fully saturated rings. The first kappa shape index (κ1) is 34.6. The number of amides is 1. The highest BCUT2D eigenvalue weighted by atomic mass is 19.1. The van der Waals surface area contributed by atoms with E-state index in [1.807, 2.05) is 55.7 Å². The summed E-state index contributed by atoms with van der Waals surface area (Å²) in [6, 6.07) is 15.5. The number of rotatable bonds is 12. The molecule has 1 aliphatic carbocycles. The molecule has 1 amide bonds. The van der Waals surface area contributed by atoms with E-state index in [4.69, 9.17) is 5.11 Å². The van der Waals surface area contributed by atoms with Crippen molar-refractivity contribution in [3.8, 4) is 22.4 Å². The van der Waals surface area contributed by atoms with E-state index in [1.165, 1.54) is 12.1 Å². The van der Waals surface area contributed by atoms with E-state index in [0.29, 0.717) is 39.3 Å². The predicted octanol–water partition coefficient (Wildman–Crippen LogP) is 6.33. The molecule has 0 bridgehead atoms. The van der Waals surface area contributed by atoms with Crippen LogP contribution >= 0.6 is 0 Å². The zero-order chi connectivity index (χ0) is 33.8. The molecule has 1 aromatic heterocycles. The monoisotopic (exact) mass is 630 g/mol. The van der Waals surface area contributed by atoms with Gasteiger partial charge in [-0.25, -0.2) is 4.39 Å². The third kappa shape index (κ3) is 7.73. The molecule has 1 aliphatic rings. The molecule has 3 atom stereocenters. The van der Waals surface area contributed by atoms with Gasteiger partial charge in [0.1, 0.15) is 11.4 Å². The van der Waals surface area contributed by atoms with Crippen LogP contribution in [0.15, 0.2) is 89.7 Å². The van der Waals surface area contributed by atoms with Gasteiger partial charge in [0.05, 0.1) is 29.9 Å². The minimum Gasteiger partial charge on any atom is -0.481 e. The molecule has 2 aromatic carbocycles. The van der Waals surface area contributed by atoms with Crippen LogP contribution in [0.2, 0.25) is 0 Å². The lowest BCUT2D eigenvalue weighted by molar-refractivity contribution is -0.139. The lowest BCUT2D eigenvalue weighted by Crippen LogP contribution is -2.28. The van der Waals surface area contributed by atoms with Crippen molar-refractivity contribution in [3.63, 3.8) is 0 Å². The number of carbonyl (C=O) groups is 2. The van der Waals surface area contributed by atoms with Gasteiger partial charge < -0.3 is 30.3 Å². The quantitative estimate of drug-likeness (QED) is 0.159. The fourth-order valence-electron chi connectivity index (χ4n) is 5.87. The average Bonchev–Trinajstić information content (AvgIpc) is 3.30. The fraction of sp³-hybridized carbons (Fsp3) is 0.351. The summed E-state index contributed by atoms with van der Waals surface area (Å²) in [5.74, 6) is -2.10. The molecule has 4 rings (SSSR count). The van der Waals surface area contributed by atoms with Gasteiger partial charge in [0.25, 0.3) is 5.91 Å². The second kappa shape index (κ2) is 14.4. The van der Waals surface area contributed by atoms with Crippen LogP contribution in [0, 0.1) is 5.82 Å². The Morgan fingerprint density at radius 3 is 2.20 bits per heavy atom. The molecule has 1 unspecified atom stereocenters. The van der Waals surface area contributed by atoms with Gasteiger partial charge in [-0.1, -0.05) is 50.3 Å². The molecule has 9 heteroatoms. The molecule has 244 valence electrons. The number of nitrogens with zero attached hydrogens (tertiary/aromatic N) is 1. The average molecular weight is 631 g/mol. The maximum Gasteiger partial charge on any atom is 0.305 e. The largest absolute Gasteiger partial charge is 0.481 e. The Hall–Kier alpha value is -4.31. The summed E-state index contributed by atoms with van der Waals surface area (Å²) in [7, 11) is 0. The summed E-state index contributed by atoms with van der Waals surface area (Å²) in [5, 5.41) is 44.0. The van der Waals surface area contributed by atoms with E-state index < -0.39 is 36.0 Å². The summed E-state index contributed by atoms with van der Waals surface area (Å²) in [4.78, 5) is 25.5. The number of aliphatic hydroxyl groups is 3. The van der Waals surface area contributed by atoms with Gasteiger partial charge in [0, 0.05) is 23.5 Å². The number of carboxylic acids is 1. The Kier molecular flexibility index (Phi) is 10.8. The van der Waals surface area contributed by atoms with Crippen LogP contribution < -0.4 is 5.32 Å². The molecule has 5 N–H and O–H groups in total. The summed E-state index contributed by atoms with van der Waals surface area (Å²) < 4.78 is 16.1. The van der Waals surface area contributed by atoms with Crippen molar-refractivity contribution >= 4 is 11.9 Å². The van der Waals surface area contributed by atoms with Gasteiger partial charge in [-0.3, -0.25) is 9.59 Å². The van der Waals surface area contributed by atoms with Crippen LogP contribution in [-0.4, -0.2) is 54.7 Å². The molecule has 0 radical (unpaired) electrons. The van der Waals surface area contributed by atoms with Gasteiger partial charge in [-0.15, -0.1) is 0 Å². The Bertz CT molecular complexity index is 1670. The van der Waals surface area contributed by atoms with Crippen molar-refractivity contribution in [3.05, 3.63) is 107 Å². The minimum atomic E-state index is -1.21. The number of halogens is 1. The summed E-state index contributed by atoms with van der Waals surface area (Å²) in [5.41, 5.74) is 4.60. The zero-order valence-electron chi connectivity index (χ0n) is 26.9. The Labute approximate surface area is 269 Å². The molecule has 46 heavy (non-hydrogen) atoms. The third-order valence-corrected chi connectivity index (χ3v) is 8.58. The second-order valence-corrected chi connectivity index (χ2v) is 12.4. The highest BCUT2D eigenvalue weighted by Crippen LogP contribution is 2.42. The topological polar surface area (TPSA) is 132 Å². The van der Waals surface area contributed by atoms with E-state index in [0.717, 1.165) is 11.1 Å². The lowest BCUT2D eigenvalue weighted by Gasteiger charge is -2.24. The van der Waals surface area contributed by atoms with Crippen molar-refractivity contribution < 1.29 is 34.4 Å². The van der Waals surface area contributed by atoms with Crippen molar-refractivity contribution in [2.75, 3.05) is 0 Å². The molecule has 1 heterocycles. The standard InChI is InChI=1S/C37H43FN2O6/c1-22(2)34-33(36(45)39-28-16-11-23(3)37(5,46)24(4)19-28)32(25-9-7-6-8-10-25)35(26-12-14-27(38)15-13-26)40(34)18-17-29(41)20-30(42)21-31(43)44/h6-16,19,22,29-30,41-42,46H,17-18,20-21H2,1-5H3,(H,39,45)(H,43,44)/t29-,30-,37?/m1/s1. The summed E-state index contributed by atoms with van der Waals surface area (Å²) >= 11 is 0. The predicted molar refractivity (Wildman–Crippen MR) is 177 cm³/mol. The molecule has 3 aromatic rings. The molecular formula is C37H43FN2O6. The highest BCUT2D eigenvalue weighted by Gasteiger charge is 2.32. The first-order valence-corrected chi connectivity index (χ1v) is 15.5. The van der Waals surface area contributed by atoms with Gasteiger partial charge in [0.2, 0.25) is 0 Å². The number of aromatic nitrogens is 1. The van der Waals surface area contributed by atoms with Crippen LogP contribution in [-0.2, 0) is 11.3 Å². The Morgan fingerprint density at radius 1 is 0.935 bits per heavy atom. The number of aliphatic carboxylic acids is 1. The maximum atomic E-state index is 14.5. The number of carbonyl (C=O) groups excluding carboxylic acids is 1. The van der Waals surface area contributed by atoms with Crippen LogP contribution in [0.25, 0.3) is 22.4 Å². The molecule has 0 aliphatic heterocycles. The normalized spacial score (nSPS) is 17.9. The SMILES string of the molecule is CC1=CC=C(NC(=O)c2c(-c3ccccc3)c(-c3ccc(F)cc3)n(CC[C@@H](O)C[C@@H](O)CC(=O)O)c2C(C)C)C=C(C)C1(C)O. The maximum absolute atomic E-state index is 14.5. The lowest BCUT2D eigenvalue weighted by atomic mass is 9.90. The van der Waals surface area contributed by atoms with Gasteiger partial charge in [-0.2, -0.15) is 0 Å². The van der Waals surface area contributed by atoms with Crippen molar-refractivity contribution in [1.82, 2.24) is 9.88 Å². The minimum absolute atomic E-state index is 0.119. The second-order valence-electron chi connectivity index (χ2n) is 12.4. The van der Waals surface area contributed by atoms with E-state index in [9.17, 15) is 29.3 Å². The molecule has 0 spiro atoms. The highest BCUT2D eigenvalue weighted by molar-refractivity contribution is 6.07. The Balaban J connectivity index is 1.91. The third-order valence-electron chi connectivity index (χ3n) is 8.58. The number of carboxylic acid groups (broad SMARTS) is 1. The smallest absolute Gasteiger partial charge is 0.305 e. The number of nitrogens with one attached hydrogen (secondary N) is 1. The molecule has 8 nitrogen and oxygen atoms in total. The van der Waals surface area contributed by atoms with Crippen molar-refractivity contribution in [1.29, 1.82) is 0 Å². The van der Waals surface area contributed by atoms with E-state index in [1.54, 1.807) is 44.2 Å². The van der Waals surface area contributed by atoms with E-state index in [2.05, 4.69) is 5.32 Å². The van der Waals surface area contributed by atoms with Crippen LogP contribution in [0.3, 0.4) is 0 Å². The number of aliphatic hydroxyl groups excluding tert-OH is 2. The zero-order valence-corrected chi connectivity index (χ0v) is 26.9. The first-order chi connectivity index (χ1) is 21.7. The number of hydrogen-bond acceptors (Lipinski definition) is 5. The van der Waals surface area contributed by atoms with Crippen molar-refractivity contribution in [2.45, 2.75) is 84.2 Å². The number of benzene rings is 2. The van der Waals surface area contributed by atoms with Crippen LogP contribution in [0.5, 0.6) is 0 Å². The van der Waals surface area contributed by atoms with E-state index in [-0.39, 0.29) is 31.2 Å². The van der Waals surface area contributed by atoms with E-state index >= 15 is 0 Å². The number of hydrogen-bond donors (Lipinski definition) is 5. The van der Waals surface area contributed by atoms with Crippen LogP contribution in [0.4, 0.5) is 4.39 Å². The number of allylic oxidation sites excluding steroid dienone is 3. The summed E-state index contributed by atoms with van der Waals surface area (Å²) in [6.45, 7) is 9.51. The fourth-order valence-corrected chi connectivity index (χ4v) is 5.87. The first-order valence-electron chi connectivity index (χ1n) is 15.5. The van der Waals surface area contributed by atoms with Gasteiger partial charge in [0.15, 0.2) is 0 Å². The van der Waals surface area contributed by atoms with Crippen LogP contribution in [0.1, 0.15) is 75.9 Å². The van der Waals surface area contributed by atoms with Crippen molar-refractivity contribution in [2.24, 2.45) is 0 Å². The van der Waals surface area contributed by atoms with Gasteiger partial charge in [-0.05, 0) is 98.2 Å². The Morgan fingerprint density at radius 2 is 1.59 bits per heavy atom. The summed E-state index contributed by atoms with van der Waals surface area (Å²) in [6.07, 6.45) is 2.64. The molecule has 0 saturated carbocycles. The molecule has 0 saturated heterocycles. The molecular weight excluding hydrogens is 587 g/mol.